The number of benzene rings is 4. The first-order valence-electron chi connectivity index (χ1n) is 12.3. The van der Waals surface area contributed by atoms with Gasteiger partial charge in [0, 0.05) is 38.3 Å². The third kappa shape index (κ3) is 4.61. The summed E-state index contributed by atoms with van der Waals surface area (Å²) < 4.78 is 6.12. The largest absolute Gasteiger partial charge is 0.436 e. The minimum absolute atomic E-state index is 0.168. The zero-order valence-corrected chi connectivity index (χ0v) is 20.3. The Morgan fingerprint density at radius 2 is 1.67 bits per heavy atom. The molecule has 6 heteroatoms. The molecule has 0 bridgehead atoms. The summed E-state index contributed by atoms with van der Waals surface area (Å²) in [6, 6.07) is 27.6. The quantitative estimate of drug-likeness (QED) is 0.355. The summed E-state index contributed by atoms with van der Waals surface area (Å²) in [6.07, 6.45) is 0. The molecule has 0 radical (unpaired) electrons. The van der Waals surface area contributed by atoms with Crippen molar-refractivity contribution in [2.24, 2.45) is 0 Å². The Balaban J connectivity index is 1.24. The zero-order valence-electron chi connectivity index (χ0n) is 20.3. The number of amides is 1. The molecule has 4 aromatic carbocycles. The number of anilines is 1. The summed E-state index contributed by atoms with van der Waals surface area (Å²) >= 11 is 0. The van der Waals surface area contributed by atoms with E-state index in [4.69, 9.17) is 9.40 Å². The Kier molecular flexibility index (Phi) is 5.97. The van der Waals surface area contributed by atoms with E-state index in [1.165, 1.54) is 5.56 Å². The third-order valence-electron chi connectivity index (χ3n) is 6.87. The lowest BCUT2D eigenvalue weighted by atomic mass is 10.1. The van der Waals surface area contributed by atoms with Crippen molar-refractivity contribution in [3.63, 3.8) is 0 Å². The van der Waals surface area contributed by atoms with Crippen molar-refractivity contribution in [1.82, 2.24) is 14.8 Å². The maximum Gasteiger partial charge on any atom is 0.255 e. The third-order valence-corrected chi connectivity index (χ3v) is 6.87. The average molecular weight is 477 g/mol. The van der Waals surface area contributed by atoms with E-state index in [-0.39, 0.29) is 5.91 Å². The Hall–Kier alpha value is -4.00. The van der Waals surface area contributed by atoms with Crippen molar-refractivity contribution in [1.29, 1.82) is 0 Å². The number of nitrogens with one attached hydrogen (secondary N) is 1. The molecule has 6 rings (SSSR count). The number of carbonyl (C=O) groups is 1. The van der Waals surface area contributed by atoms with Gasteiger partial charge in [-0.2, -0.15) is 0 Å². The van der Waals surface area contributed by atoms with Gasteiger partial charge < -0.3 is 14.6 Å². The molecule has 6 nitrogen and oxygen atoms in total. The molecule has 180 valence electrons. The minimum Gasteiger partial charge on any atom is -0.436 e. The maximum atomic E-state index is 13.1. The van der Waals surface area contributed by atoms with Crippen molar-refractivity contribution in [3.05, 3.63) is 96.1 Å². The number of carbonyl (C=O) groups excluding carboxylic acids is 1. The molecule has 1 saturated heterocycles. The highest BCUT2D eigenvalue weighted by atomic mass is 16.3. The van der Waals surface area contributed by atoms with E-state index in [1.807, 2.05) is 72.8 Å². The standard InChI is InChI=1S/C30H28N4O2/c1-33-14-16-34(17-15-33)20-21-10-13-28-27(18-21)32-30(36-28)25-8-4-5-9-26(25)31-29(35)24-12-11-22-6-2-3-7-23(22)19-24/h2-13,18-19H,14-17,20H2,1H3,(H,31,35). The van der Waals surface area contributed by atoms with Gasteiger partial charge in [0.05, 0.1) is 11.3 Å². The predicted molar refractivity (Wildman–Crippen MR) is 144 cm³/mol. The number of nitrogens with zero attached hydrogens (tertiary/aromatic N) is 3. The molecule has 1 aliphatic heterocycles. The molecule has 2 heterocycles. The summed E-state index contributed by atoms with van der Waals surface area (Å²) in [5, 5.41) is 5.19. The minimum atomic E-state index is -0.168. The SMILES string of the molecule is CN1CCN(Cc2ccc3oc(-c4ccccc4NC(=O)c4ccc5ccccc5c4)nc3c2)CC1. The molecule has 36 heavy (non-hydrogen) atoms. The fraction of sp³-hybridized carbons (Fsp3) is 0.200. The van der Waals surface area contributed by atoms with Crippen LogP contribution >= 0.6 is 0 Å². The lowest BCUT2D eigenvalue weighted by molar-refractivity contribution is 0.102. The normalized spacial score (nSPS) is 14.9. The van der Waals surface area contributed by atoms with Crippen molar-refractivity contribution in [2.45, 2.75) is 6.54 Å². The first-order chi connectivity index (χ1) is 17.6. The molecule has 0 saturated carbocycles. The Labute approximate surface area is 210 Å². The van der Waals surface area contributed by atoms with E-state index >= 15 is 0 Å². The number of aromatic nitrogens is 1. The highest BCUT2D eigenvalue weighted by Crippen LogP contribution is 2.31. The molecule has 1 amide bonds. The summed E-state index contributed by atoms with van der Waals surface area (Å²) in [4.78, 5) is 22.7. The van der Waals surface area contributed by atoms with Crippen LogP contribution < -0.4 is 5.32 Å². The van der Waals surface area contributed by atoms with Crippen LogP contribution in [0.15, 0.2) is 89.3 Å². The average Bonchev–Trinajstić information content (AvgIpc) is 3.33. The van der Waals surface area contributed by atoms with Crippen LogP contribution in [0, 0.1) is 0 Å². The molecule has 5 aromatic rings. The van der Waals surface area contributed by atoms with Crippen molar-refractivity contribution in [3.8, 4) is 11.5 Å². The van der Waals surface area contributed by atoms with Crippen molar-refractivity contribution in [2.75, 3.05) is 38.5 Å². The number of fused-ring (bicyclic) bond motifs is 2. The first-order valence-corrected chi connectivity index (χ1v) is 12.3. The van der Waals surface area contributed by atoms with Gasteiger partial charge in [-0.15, -0.1) is 0 Å². The Bertz CT molecular complexity index is 1550. The van der Waals surface area contributed by atoms with E-state index in [9.17, 15) is 4.79 Å². The number of hydrogen-bond donors (Lipinski definition) is 1. The number of piperazine rings is 1. The summed E-state index contributed by atoms with van der Waals surface area (Å²) in [5.41, 5.74) is 4.82. The topological polar surface area (TPSA) is 61.6 Å². The van der Waals surface area contributed by atoms with Gasteiger partial charge in [0.25, 0.3) is 5.91 Å². The van der Waals surface area contributed by atoms with Crippen LogP contribution in [-0.2, 0) is 6.54 Å². The van der Waals surface area contributed by atoms with Crippen LogP contribution in [0.5, 0.6) is 0 Å². The fourth-order valence-electron chi connectivity index (χ4n) is 4.75. The van der Waals surface area contributed by atoms with Gasteiger partial charge in [0.1, 0.15) is 5.52 Å². The van der Waals surface area contributed by atoms with Crippen LogP contribution in [-0.4, -0.2) is 53.9 Å². The Morgan fingerprint density at radius 3 is 2.53 bits per heavy atom. The van der Waals surface area contributed by atoms with Gasteiger partial charge in [-0.3, -0.25) is 9.69 Å². The van der Waals surface area contributed by atoms with E-state index in [2.05, 4.69) is 34.3 Å². The number of oxazole rings is 1. The molecule has 1 N–H and O–H groups in total. The molecule has 1 aromatic heterocycles. The van der Waals surface area contributed by atoms with Crippen LogP contribution in [0.4, 0.5) is 5.69 Å². The number of likely N-dealkylation sites (N-methyl/N-ethyl adjacent to an activating group) is 1. The lowest BCUT2D eigenvalue weighted by Crippen LogP contribution is -2.43. The van der Waals surface area contributed by atoms with E-state index in [1.54, 1.807) is 0 Å². The Morgan fingerprint density at radius 1 is 0.889 bits per heavy atom. The van der Waals surface area contributed by atoms with Crippen LogP contribution in [0.25, 0.3) is 33.3 Å². The summed E-state index contributed by atoms with van der Waals surface area (Å²) in [5.74, 6) is 0.329. The van der Waals surface area contributed by atoms with Gasteiger partial charge in [0.2, 0.25) is 5.89 Å². The van der Waals surface area contributed by atoms with Crippen LogP contribution in [0.2, 0.25) is 0 Å². The fourth-order valence-corrected chi connectivity index (χ4v) is 4.75. The summed E-state index contributed by atoms with van der Waals surface area (Å²) in [7, 11) is 2.17. The van der Waals surface area contributed by atoms with E-state index in [0.29, 0.717) is 17.1 Å². The maximum absolute atomic E-state index is 13.1. The van der Waals surface area contributed by atoms with Crippen LogP contribution in [0.1, 0.15) is 15.9 Å². The second kappa shape index (κ2) is 9.57. The second-order valence-corrected chi connectivity index (χ2v) is 9.46. The van der Waals surface area contributed by atoms with Crippen molar-refractivity contribution < 1.29 is 9.21 Å². The second-order valence-electron chi connectivity index (χ2n) is 9.46. The smallest absolute Gasteiger partial charge is 0.255 e. The molecule has 1 aliphatic rings. The monoisotopic (exact) mass is 476 g/mol. The molecule has 0 aliphatic carbocycles. The zero-order chi connectivity index (χ0) is 24.5. The van der Waals surface area contributed by atoms with Gasteiger partial charge in [-0.05, 0) is 59.8 Å². The van der Waals surface area contributed by atoms with Gasteiger partial charge >= 0.3 is 0 Å². The number of hydrogen-bond acceptors (Lipinski definition) is 5. The molecule has 0 unspecified atom stereocenters. The molecule has 1 fully saturated rings. The number of para-hydroxylation sites is 1. The molecule has 0 atom stereocenters. The first kappa shape index (κ1) is 22.5. The van der Waals surface area contributed by atoms with E-state index in [0.717, 1.165) is 60.2 Å². The predicted octanol–water partition coefficient (Wildman–Crippen LogP) is 5.65. The number of rotatable bonds is 5. The highest BCUT2D eigenvalue weighted by molar-refractivity contribution is 6.08. The summed E-state index contributed by atoms with van der Waals surface area (Å²) in [6.45, 7) is 5.24. The van der Waals surface area contributed by atoms with Gasteiger partial charge in [0.15, 0.2) is 5.58 Å². The van der Waals surface area contributed by atoms with Crippen molar-refractivity contribution >= 4 is 33.5 Å². The van der Waals surface area contributed by atoms with Gasteiger partial charge in [-0.1, -0.05) is 48.5 Å². The van der Waals surface area contributed by atoms with Crippen LogP contribution in [0.3, 0.4) is 0 Å². The molecular formula is C30H28N4O2. The molecule has 0 spiro atoms. The van der Waals surface area contributed by atoms with E-state index < -0.39 is 0 Å². The van der Waals surface area contributed by atoms with Gasteiger partial charge in [-0.25, -0.2) is 4.98 Å². The lowest BCUT2D eigenvalue weighted by Gasteiger charge is -2.32. The molecular weight excluding hydrogens is 448 g/mol. The highest BCUT2D eigenvalue weighted by Gasteiger charge is 2.17.